The Morgan fingerprint density at radius 1 is 1.38 bits per heavy atom. The fourth-order valence-electron chi connectivity index (χ4n) is 1.17. The molecule has 0 rings (SSSR count). The molecular formula is C10H20N2O3S. The van der Waals surface area contributed by atoms with Gasteiger partial charge in [-0.05, 0) is 24.9 Å². The van der Waals surface area contributed by atoms with Crippen molar-refractivity contribution < 1.29 is 14.7 Å². The lowest BCUT2D eigenvalue weighted by Gasteiger charge is -2.09. The van der Waals surface area contributed by atoms with Crippen LogP contribution in [0, 0.1) is 0 Å². The van der Waals surface area contributed by atoms with Crippen LogP contribution in [0.4, 0.5) is 0 Å². The molecule has 0 aliphatic heterocycles. The standard InChI is InChI=1S/C10H20N2O3S/c1-16-6-4-2-3-5-12-10(15)8(11)7-9(13)14/h8H,2-7,11H2,1H3,(H,12,15)(H,13,14). The SMILES string of the molecule is CSCCCCCNC(=O)C(N)CC(=O)O. The first kappa shape index (κ1) is 15.2. The number of rotatable bonds is 9. The van der Waals surface area contributed by atoms with E-state index in [9.17, 15) is 9.59 Å². The average molecular weight is 248 g/mol. The molecule has 1 unspecified atom stereocenters. The third-order valence-corrected chi connectivity index (χ3v) is 2.75. The molecule has 0 saturated carbocycles. The second-order valence-electron chi connectivity index (χ2n) is 3.55. The maximum Gasteiger partial charge on any atom is 0.305 e. The number of hydrogen-bond donors (Lipinski definition) is 3. The van der Waals surface area contributed by atoms with Crippen LogP contribution < -0.4 is 11.1 Å². The van der Waals surface area contributed by atoms with E-state index in [1.165, 1.54) is 0 Å². The fraction of sp³-hybridized carbons (Fsp3) is 0.800. The summed E-state index contributed by atoms with van der Waals surface area (Å²) in [5.74, 6) is -0.304. The maximum absolute atomic E-state index is 11.3. The molecule has 0 aromatic heterocycles. The van der Waals surface area contributed by atoms with Crippen LogP contribution in [0.15, 0.2) is 0 Å². The van der Waals surface area contributed by atoms with Crippen molar-refractivity contribution in [2.75, 3.05) is 18.6 Å². The first-order valence-electron chi connectivity index (χ1n) is 5.32. The van der Waals surface area contributed by atoms with Gasteiger partial charge in [-0.25, -0.2) is 0 Å². The summed E-state index contributed by atoms with van der Waals surface area (Å²) in [5, 5.41) is 11.1. The Morgan fingerprint density at radius 2 is 2.06 bits per heavy atom. The van der Waals surface area contributed by atoms with Crippen LogP contribution in [0.2, 0.25) is 0 Å². The molecule has 0 aromatic rings. The number of carbonyl (C=O) groups is 2. The molecule has 0 aliphatic carbocycles. The Kier molecular flexibility index (Phi) is 9.03. The van der Waals surface area contributed by atoms with E-state index in [0.29, 0.717) is 6.54 Å². The molecular weight excluding hydrogens is 228 g/mol. The van der Waals surface area contributed by atoms with Crippen LogP contribution in [0.1, 0.15) is 25.7 Å². The highest BCUT2D eigenvalue weighted by Gasteiger charge is 2.15. The number of nitrogens with two attached hydrogens (primary N) is 1. The Labute approximate surface area is 100 Å². The van der Waals surface area contributed by atoms with Gasteiger partial charge < -0.3 is 16.2 Å². The van der Waals surface area contributed by atoms with Gasteiger partial charge in [-0.15, -0.1) is 0 Å². The molecule has 0 fully saturated rings. The molecule has 4 N–H and O–H groups in total. The number of aliphatic carboxylic acids is 1. The molecule has 1 amide bonds. The highest BCUT2D eigenvalue weighted by molar-refractivity contribution is 7.98. The molecule has 0 radical (unpaired) electrons. The molecule has 0 aromatic carbocycles. The molecule has 0 bridgehead atoms. The lowest BCUT2D eigenvalue weighted by molar-refractivity contribution is -0.139. The van der Waals surface area contributed by atoms with E-state index >= 15 is 0 Å². The molecule has 0 aliphatic rings. The van der Waals surface area contributed by atoms with Crippen molar-refractivity contribution in [3.8, 4) is 0 Å². The van der Waals surface area contributed by atoms with E-state index in [2.05, 4.69) is 11.6 Å². The second-order valence-corrected chi connectivity index (χ2v) is 4.53. The summed E-state index contributed by atoms with van der Waals surface area (Å²) < 4.78 is 0. The van der Waals surface area contributed by atoms with Gasteiger partial charge in [0.25, 0.3) is 0 Å². The zero-order chi connectivity index (χ0) is 12.4. The molecule has 6 heteroatoms. The molecule has 5 nitrogen and oxygen atoms in total. The van der Waals surface area contributed by atoms with Gasteiger partial charge in [0.2, 0.25) is 5.91 Å². The zero-order valence-corrected chi connectivity index (χ0v) is 10.4. The van der Waals surface area contributed by atoms with Crippen LogP contribution in [-0.4, -0.2) is 41.6 Å². The fourth-order valence-corrected chi connectivity index (χ4v) is 1.66. The van der Waals surface area contributed by atoms with Crippen molar-refractivity contribution in [3.63, 3.8) is 0 Å². The van der Waals surface area contributed by atoms with Crippen molar-refractivity contribution >= 4 is 23.6 Å². The Bertz CT molecular complexity index is 224. The molecule has 0 saturated heterocycles. The van der Waals surface area contributed by atoms with Crippen LogP contribution in [0.3, 0.4) is 0 Å². The Morgan fingerprint density at radius 3 is 2.62 bits per heavy atom. The molecule has 94 valence electrons. The number of unbranched alkanes of at least 4 members (excludes halogenated alkanes) is 2. The number of carboxylic acid groups (broad SMARTS) is 1. The summed E-state index contributed by atoms with van der Waals surface area (Å²) in [5.41, 5.74) is 5.38. The summed E-state index contributed by atoms with van der Waals surface area (Å²) >= 11 is 1.81. The number of nitrogens with one attached hydrogen (secondary N) is 1. The largest absolute Gasteiger partial charge is 0.481 e. The van der Waals surface area contributed by atoms with E-state index in [1.54, 1.807) is 11.8 Å². The van der Waals surface area contributed by atoms with E-state index in [0.717, 1.165) is 25.0 Å². The van der Waals surface area contributed by atoms with Crippen LogP contribution in [0.25, 0.3) is 0 Å². The lowest BCUT2D eigenvalue weighted by atomic mass is 10.2. The third-order valence-electron chi connectivity index (χ3n) is 2.06. The first-order chi connectivity index (χ1) is 7.57. The second kappa shape index (κ2) is 9.47. The maximum atomic E-state index is 11.3. The molecule has 0 spiro atoms. The van der Waals surface area contributed by atoms with E-state index in [4.69, 9.17) is 10.8 Å². The van der Waals surface area contributed by atoms with Gasteiger partial charge in [0.1, 0.15) is 0 Å². The summed E-state index contributed by atoms with van der Waals surface area (Å²) in [6.07, 6.45) is 4.85. The number of hydrogen-bond acceptors (Lipinski definition) is 4. The molecule has 1 atom stereocenters. The average Bonchev–Trinajstić information content (AvgIpc) is 2.21. The number of carbonyl (C=O) groups excluding carboxylic acids is 1. The smallest absolute Gasteiger partial charge is 0.305 e. The number of amides is 1. The number of thioether (sulfide) groups is 1. The highest BCUT2D eigenvalue weighted by atomic mass is 32.2. The van der Waals surface area contributed by atoms with E-state index < -0.39 is 12.0 Å². The van der Waals surface area contributed by atoms with Crippen molar-refractivity contribution in [2.45, 2.75) is 31.7 Å². The van der Waals surface area contributed by atoms with E-state index in [-0.39, 0.29) is 12.3 Å². The normalized spacial score (nSPS) is 12.1. The predicted octanol–water partition coefficient (Wildman–Crippen LogP) is 0.438. The van der Waals surface area contributed by atoms with Gasteiger partial charge in [0, 0.05) is 6.54 Å². The minimum Gasteiger partial charge on any atom is -0.481 e. The van der Waals surface area contributed by atoms with Gasteiger partial charge in [-0.3, -0.25) is 9.59 Å². The van der Waals surface area contributed by atoms with Crippen LogP contribution in [0.5, 0.6) is 0 Å². The van der Waals surface area contributed by atoms with Gasteiger partial charge in [0.05, 0.1) is 12.5 Å². The molecule has 16 heavy (non-hydrogen) atoms. The van der Waals surface area contributed by atoms with Gasteiger partial charge in [0.15, 0.2) is 0 Å². The van der Waals surface area contributed by atoms with Gasteiger partial charge in [-0.1, -0.05) is 6.42 Å². The summed E-state index contributed by atoms with van der Waals surface area (Å²) in [6.45, 7) is 0.570. The summed E-state index contributed by atoms with van der Waals surface area (Å²) in [4.78, 5) is 21.6. The lowest BCUT2D eigenvalue weighted by Crippen LogP contribution is -2.42. The quantitative estimate of drug-likeness (QED) is 0.515. The summed E-state index contributed by atoms with van der Waals surface area (Å²) in [7, 11) is 0. The molecule has 0 heterocycles. The Hall–Kier alpha value is -0.750. The predicted molar refractivity (Wildman–Crippen MR) is 65.5 cm³/mol. The Balaban J connectivity index is 3.46. The van der Waals surface area contributed by atoms with Gasteiger partial charge in [-0.2, -0.15) is 11.8 Å². The van der Waals surface area contributed by atoms with E-state index in [1.807, 2.05) is 0 Å². The summed E-state index contributed by atoms with van der Waals surface area (Å²) in [6, 6.07) is -0.941. The van der Waals surface area contributed by atoms with Crippen molar-refractivity contribution in [2.24, 2.45) is 5.73 Å². The van der Waals surface area contributed by atoms with Crippen molar-refractivity contribution in [1.82, 2.24) is 5.32 Å². The van der Waals surface area contributed by atoms with Gasteiger partial charge >= 0.3 is 5.97 Å². The zero-order valence-electron chi connectivity index (χ0n) is 9.57. The van der Waals surface area contributed by atoms with Crippen LogP contribution in [-0.2, 0) is 9.59 Å². The monoisotopic (exact) mass is 248 g/mol. The topological polar surface area (TPSA) is 92.4 Å². The van der Waals surface area contributed by atoms with Crippen LogP contribution >= 0.6 is 11.8 Å². The minimum atomic E-state index is -1.05. The van der Waals surface area contributed by atoms with Crippen molar-refractivity contribution in [3.05, 3.63) is 0 Å². The first-order valence-corrected chi connectivity index (χ1v) is 6.71. The van der Waals surface area contributed by atoms with Crippen molar-refractivity contribution in [1.29, 1.82) is 0 Å². The highest BCUT2D eigenvalue weighted by Crippen LogP contribution is 2.01. The third kappa shape index (κ3) is 8.55. The number of carboxylic acids is 1. The minimum absolute atomic E-state index is 0.321.